The van der Waals surface area contributed by atoms with E-state index in [9.17, 15) is 9.59 Å². The fraction of sp³-hybridized carbons (Fsp3) is 0.500. The number of carboxylic acids is 1. The lowest BCUT2D eigenvalue weighted by molar-refractivity contribution is 0.0689. The molecular weight excluding hydrogens is 234 g/mol. The second kappa shape index (κ2) is 5.12. The maximum absolute atomic E-state index is 11.9. The minimum atomic E-state index is -1.15. The zero-order valence-corrected chi connectivity index (χ0v) is 10.1. The Morgan fingerprint density at radius 3 is 2.44 bits per heavy atom. The molecule has 0 radical (unpaired) electrons. The van der Waals surface area contributed by atoms with Gasteiger partial charge in [-0.05, 0) is 18.8 Å². The number of hydrogen-bond acceptors (Lipinski definition) is 4. The molecule has 0 aliphatic heterocycles. The van der Waals surface area contributed by atoms with Gasteiger partial charge in [0.05, 0.1) is 12.4 Å². The number of carbonyl (C=O) groups is 2. The zero-order valence-electron chi connectivity index (χ0n) is 10.1. The van der Waals surface area contributed by atoms with E-state index in [2.05, 4.69) is 22.2 Å². The molecule has 1 aliphatic rings. The molecule has 1 aliphatic carbocycles. The molecule has 96 valence electrons. The smallest absolute Gasteiger partial charge is 0.356 e. The van der Waals surface area contributed by atoms with E-state index in [1.165, 1.54) is 6.20 Å². The summed E-state index contributed by atoms with van der Waals surface area (Å²) in [5.74, 6) is -0.975. The molecule has 2 unspecified atom stereocenters. The lowest BCUT2D eigenvalue weighted by Gasteiger charge is -2.16. The van der Waals surface area contributed by atoms with Gasteiger partial charge >= 0.3 is 5.97 Å². The van der Waals surface area contributed by atoms with Crippen molar-refractivity contribution in [3.63, 3.8) is 0 Å². The van der Waals surface area contributed by atoms with E-state index in [0.717, 1.165) is 25.5 Å². The zero-order chi connectivity index (χ0) is 13.1. The average Bonchev–Trinajstić information content (AvgIpc) is 2.75. The highest BCUT2D eigenvalue weighted by Gasteiger charge is 2.25. The van der Waals surface area contributed by atoms with E-state index in [1.54, 1.807) is 0 Å². The van der Waals surface area contributed by atoms with Crippen molar-refractivity contribution < 1.29 is 14.7 Å². The summed E-state index contributed by atoms with van der Waals surface area (Å²) in [7, 11) is 0. The molecule has 0 aromatic carbocycles. The van der Waals surface area contributed by atoms with Crippen LogP contribution in [0.4, 0.5) is 0 Å². The molecule has 0 bridgehead atoms. The van der Waals surface area contributed by atoms with Crippen molar-refractivity contribution in [1.29, 1.82) is 0 Å². The Morgan fingerprint density at radius 1 is 1.28 bits per heavy atom. The first-order chi connectivity index (χ1) is 8.58. The molecule has 2 rings (SSSR count). The molecule has 6 heteroatoms. The van der Waals surface area contributed by atoms with Crippen LogP contribution in [-0.4, -0.2) is 33.0 Å². The van der Waals surface area contributed by atoms with Crippen molar-refractivity contribution in [3.05, 3.63) is 23.8 Å². The summed E-state index contributed by atoms with van der Waals surface area (Å²) in [6.07, 6.45) is 5.51. The van der Waals surface area contributed by atoms with Crippen molar-refractivity contribution in [2.75, 3.05) is 0 Å². The Bertz CT molecular complexity index is 458. The third-order valence-corrected chi connectivity index (χ3v) is 3.28. The van der Waals surface area contributed by atoms with Gasteiger partial charge in [-0.1, -0.05) is 13.3 Å². The van der Waals surface area contributed by atoms with Crippen molar-refractivity contribution in [2.24, 2.45) is 5.92 Å². The summed E-state index contributed by atoms with van der Waals surface area (Å²) in [4.78, 5) is 29.9. The van der Waals surface area contributed by atoms with Gasteiger partial charge in [0, 0.05) is 6.04 Å². The minimum absolute atomic E-state index is 0.152. The van der Waals surface area contributed by atoms with Crippen LogP contribution in [-0.2, 0) is 0 Å². The standard InChI is InChI=1S/C12H15N3O3/c1-7-3-2-4-8(7)15-11(16)9-5-14-10(6-13-9)12(17)18/h5-8H,2-4H2,1H3,(H,15,16)(H,17,18). The minimum Gasteiger partial charge on any atom is -0.476 e. The van der Waals surface area contributed by atoms with Gasteiger partial charge in [0.15, 0.2) is 5.69 Å². The van der Waals surface area contributed by atoms with E-state index in [1.807, 2.05) is 0 Å². The first-order valence-corrected chi connectivity index (χ1v) is 5.94. The molecule has 2 atom stereocenters. The molecule has 1 heterocycles. The molecule has 0 spiro atoms. The number of hydrogen-bond donors (Lipinski definition) is 2. The van der Waals surface area contributed by atoms with Crippen molar-refractivity contribution in [3.8, 4) is 0 Å². The first-order valence-electron chi connectivity index (χ1n) is 5.94. The monoisotopic (exact) mass is 249 g/mol. The predicted molar refractivity (Wildman–Crippen MR) is 63.3 cm³/mol. The van der Waals surface area contributed by atoms with Crippen LogP contribution in [0, 0.1) is 5.92 Å². The molecule has 18 heavy (non-hydrogen) atoms. The summed E-state index contributed by atoms with van der Waals surface area (Å²) < 4.78 is 0. The third-order valence-electron chi connectivity index (χ3n) is 3.28. The molecule has 1 aromatic rings. The second-order valence-corrected chi connectivity index (χ2v) is 4.58. The Labute approximate surface area is 104 Å². The largest absolute Gasteiger partial charge is 0.476 e. The van der Waals surface area contributed by atoms with E-state index >= 15 is 0 Å². The summed E-state index contributed by atoms with van der Waals surface area (Å²) in [5, 5.41) is 11.6. The lowest BCUT2D eigenvalue weighted by atomic mass is 10.1. The summed E-state index contributed by atoms with van der Waals surface area (Å²) >= 11 is 0. The molecule has 1 aromatic heterocycles. The van der Waals surface area contributed by atoms with Crippen LogP contribution in [0.25, 0.3) is 0 Å². The highest BCUT2D eigenvalue weighted by Crippen LogP contribution is 2.24. The van der Waals surface area contributed by atoms with E-state index in [0.29, 0.717) is 5.92 Å². The van der Waals surface area contributed by atoms with Gasteiger partial charge in [0.1, 0.15) is 5.69 Å². The van der Waals surface area contributed by atoms with Crippen LogP contribution in [0.5, 0.6) is 0 Å². The predicted octanol–water partition coefficient (Wildman–Crippen LogP) is 1.09. The molecular formula is C12H15N3O3. The van der Waals surface area contributed by atoms with E-state index in [-0.39, 0.29) is 23.3 Å². The summed E-state index contributed by atoms with van der Waals surface area (Å²) in [5.41, 5.74) is -0.0140. The highest BCUT2D eigenvalue weighted by atomic mass is 16.4. The van der Waals surface area contributed by atoms with Gasteiger partial charge in [0.2, 0.25) is 0 Å². The van der Waals surface area contributed by atoms with Crippen LogP contribution in [0.2, 0.25) is 0 Å². The van der Waals surface area contributed by atoms with Crippen LogP contribution in [0.15, 0.2) is 12.4 Å². The van der Waals surface area contributed by atoms with Crippen LogP contribution < -0.4 is 5.32 Å². The summed E-state index contributed by atoms with van der Waals surface area (Å²) in [6.45, 7) is 2.11. The SMILES string of the molecule is CC1CCCC1NC(=O)c1cnc(C(=O)O)cn1. The molecule has 1 fully saturated rings. The number of nitrogens with zero attached hydrogens (tertiary/aromatic N) is 2. The van der Waals surface area contributed by atoms with Crippen molar-refractivity contribution >= 4 is 11.9 Å². The van der Waals surface area contributed by atoms with Gasteiger partial charge in [-0.25, -0.2) is 14.8 Å². The van der Waals surface area contributed by atoms with Gasteiger partial charge in [-0.3, -0.25) is 4.79 Å². The number of nitrogens with one attached hydrogen (secondary N) is 1. The van der Waals surface area contributed by atoms with Gasteiger partial charge < -0.3 is 10.4 Å². The highest BCUT2D eigenvalue weighted by molar-refractivity contribution is 5.92. The molecule has 1 amide bonds. The maximum Gasteiger partial charge on any atom is 0.356 e. The Hall–Kier alpha value is -1.98. The number of aromatic carboxylic acids is 1. The number of rotatable bonds is 3. The van der Waals surface area contributed by atoms with E-state index in [4.69, 9.17) is 5.11 Å². The van der Waals surface area contributed by atoms with Crippen LogP contribution in [0.1, 0.15) is 47.2 Å². The normalized spacial score (nSPS) is 22.7. The Morgan fingerprint density at radius 2 is 1.94 bits per heavy atom. The Balaban J connectivity index is 2.02. The topological polar surface area (TPSA) is 92.2 Å². The average molecular weight is 249 g/mol. The molecule has 6 nitrogen and oxygen atoms in total. The fourth-order valence-electron chi connectivity index (χ4n) is 2.16. The van der Waals surface area contributed by atoms with Crippen LogP contribution in [0.3, 0.4) is 0 Å². The van der Waals surface area contributed by atoms with Crippen molar-refractivity contribution in [2.45, 2.75) is 32.2 Å². The van der Waals surface area contributed by atoms with Crippen LogP contribution >= 0.6 is 0 Å². The van der Waals surface area contributed by atoms with Crippen molar-refractivity contribution in [1.82, 2.24) is 15.3 Å². The molecule has 0 saturated heterocycles. The maximum atomic E-state index is 11.9. The fourth-order valence-corrected chi connectivity index (χ4v) is 2.16. The van der Waals surface area contributed by atoms with Gasteiger partial charge in [0.25, 0.3) is 5.91 Å². The number of carboxylic acid groups (broad SMARTS) is 1. The first kappa shape index (κ1) is 12.5. The molecule has 1 saturated carbocycles. The lowest BCUT2D eigenvalue weighted by Crippen LogP contribution is -2.36. The quantitative estimate of drug-likeness (QED) is 0.836. The molecule has 2 N–H and O–H groups in total. The number of aromatic nitrogens is 2. The van der Waals surface area contributed by atoms with Gasteiger partial charge in [-0.15, -0.1) is 0 Å². The third kappa shape index (κ3) is 2.64. The second-order valence-electron chi connectivity index (χ2n) is 4.58. The summed E-state index contributed by atoms with van der Waals surface area (Å²) in [6, 6.07) is 0.179. The van der Waals surface area contributed by atoms with E-state index < -0.39 is 5.97 Å². The number of carbonyl (C=O) groups excluding carboxylic acids is 1. The Kier molecular flexibility index (Phi) is 3.55. The number of amides is 1. The van der Waals surface area contributed by atoms with Gasteiger partial charge in [-0.2, -0.15) is 0 Å².